The lowest BCUT2D eigenvalue weighted by atomic mass is 10.4. The summed E-state index contributed by atoms with van der Waals surface area (Å²) in [5, 5.41) is 8.74. The topological polar surface area (TPSA) is 76.0 Å². The van der Waals surface area contributed by atoms with E-state index in [9.17, 15) is 4.79 Å². The molecule has 0 aliphatic rings. The third-order valence-corrected chi connectivity index (χ3v) is 3.20. The summed E-state index contributed by atoms with van der Waals surface area (Å²) >= 11 is 2.63. The minimum atomic E-state index is -1.03. The third-order valence-electron chi connectivity index (χ3n) is 1.50. The molecule has 1 N–H and O–H groups in total. The van der Waals surface area contributed by atoms with Gasteiger partial charge in [0.15, 0.2) is 4.34 Å². The second-order valence-corrected chi connectivity index (χ2v) is 4.59. The third kappa shape index (κ3) is 2.51. The van der Waals surface area contributed by atoms with Gasteiger partial charge in [0.1, 0.15) is 12.0 Å². The minimum Gasteiger partial charge on any atom is -0.477 e. The maximum atomic E-state index is 10.7. The highest BCUT2D eigenvalue weighted by Gasteiger charge is 2.06. The number of rotatable bonds is 3. The van der Waals surface area contributed by atoms with Gasteiger partial charge in [-0.25, -0.2) is 14.8 Å². The zero-order valence-electron chi connectivity index (χ0n) is 7.32. The molecule has 2 rings (SSSR count). The Bertz CT molecular complexity index is 472. The Balaban J connectivity index is 2.22. The monoisotopic (exact) mass is 239 g/mol. The summed E-state index contributed by atoms with van der Waals surface area (Å²) < 4.78 is 4.63. The molecule has 0 fully saturated rings. The number of hydrogen-bond donors (Lipinski definition) is 1. The summed E-state index contributed by atoms with van der Waals surface area (Å²) in [6, 6.07) is 3.24. The molecule has 2 heterocycles. The first-order valence-electron chi connectivity index (χ1n) is 3.89. The molecular formula is C8H5N3O2S2. The maximum absolute atomic E-state index is 10.7. The predicted octanol–water partition coefficient (Wildman–Crippen LogP) is 1.78. The molecule has 5 nitrogen and oxygen atoms in total. The van der Waals surface area contributed by atoms with Gasteiger partial charge in [-0.05, 0) is 23.7 Å². The van der Waals surface area contributed by atoms with Crippen molar-refractivity contribution in [2.75, 3.05) is 0 Å². The Kier molecular flexibility index (Phi) is 2.93. The molecule has 0 saturated carbocycles. The van der Waals surface area contributed by atoms with E-state index in [2.05, 4.69) is 14.3 Å². The van der Waals surface area contributed by atoms with Crippen molar-refractivity contribution in [1.29, 1.82) is 0 Å². The van der Waals surface area contributed by atoms with E-state index in [0.717, 1.165) is 9.24 Å². The number of carboxylic acid groups (broad SMARTS) is 1. The van der Waals surface area contributed by atoms with E-state index < -0.39 is 5.97 Å². The molecule has 0 aliphatic carbocycles. The van der Waals surface area contributed by atoms with Gasteiger partial charge in [-0.3, -0.25) is 0 Å². The van der Waals surface area contributed by atoms with Crippen LogP contribution in [0.3, 0.4) is 0 Å². The normalized spacial score (nSPS) is 10.1. The van der Waals surface area contributed by atoms with E-state index in [1.54, 1.807) is 6.07 Å². The van der Waals surface area contributed by atoms with Crippen LogP contribution < -0.4 is 0 Å². The van der Waals surface area contributed by atoms with Crippen LogP contribution in [-0.2, 0) is 0 Å². The van der Waals surface area contributed by atoms with E-state index in [-0.39, 0.29) is 5.69 Å². The molecule has 15 heavy (non-hydrogen) atoms. The van der Waals surface area contributed by atoms with Crippen LogP contribution in [-0.4, -0.2) is 25.4 Å². The van der Waals surface area contributed by atoms with Crippen LogP contribution in [0.25, 0.3) is 0 Å². The van der Waals surface area contributed by atoms with Gasteiger partial charge in [0, 0.05) is 11.1 Å². The molecule has 0 saturated heterocycles. The van der Waals surface area contributed by atoms with Crippen molar-refractivity contribution in [3.63, 3.8) is 0 Å². The van der Waals surface area contributed by atoms with Crippen LogP contribution in [0.1, 0.15) is 10.5 Å². The van der Waals surface area contributed by atoms with Crippen LogP contribution in [0.2, 0.25) is 0 Å². The van der Waals surface area contributed by atoms with Gasteiger partial charge in [-0.2, -0.15) is 4.37 Å². The van der Waals surface area contributed by atoms with Crippen molar-refractivity contribution < 1.29 is 9.90 Å². The molecule has 0 amide bonds. The number of pyridine rings is 1. The number of carbonyl (C=O) groups is 1. The fourth-order valence-corrected chi connectivity index (χ4v) is 2.35. The zero-order chi connectivity index (χ0) is 10.7. The zero-order valence-corrected chi connectivity index (χ0v) is 8.96. The Labute approximate surface area is 93.4 Å². The van der Waals surface area contributed by atoms with Crippen molar-refractivity contribution in [2.45, 2.75) is 9.24 Å². The first-order chi connectivity index (χ1) is 7.25. The molecule has 0 bridgehead atoms. The highest BCUT2D eigenvalue weighted by Crippen LogP contribution is 2.27. The molecule has 2 aromatic rings. The first-order valence-corrected chi connectivity index (χ1v) is 5.48. The number of aromatic carboxylic acids is 1. The van der Waals surface area contributed by atoms with Crippen molar-refractivity contribution in [3.8, 4) is 0 Å². The van der Waals surface area contributed by atoms with Gasteiger partial charge < -0.3 is 5.11 Å². The van der Waals surface area contributed by atoms with Crippen molar-refractivity contribution >= 4 is 29.3 Å². The summed E-state index contributed by atoms with van der Waals surface area (Å²) in [4.78, 5) is 19.2. The molecule has 0 aliphatic heterocycles. The van der Waals surface area contributed by atoms with E-state index in [1.165, 1.54) is 41.9 Å². The first kappa shape index (κ1) is 10.1. The van der Waals surface area contributed by atoms with Crippen LogP contribution in [0.4, 0.5) is 0 Å². The van der Waals surface area contributed by atoms with E-state index in [4.69, 9.17) is 5.11 Å². The van der Waals surface area contributed by atoms with Crippen LogP contribution in [0.15, 0.2) is 33.9 Å². The molecule has 7 heteroatoms. The Morgan fingerprint density at radius 2 is 2.33 bits per heavy atom. The lowest BCUT2D eigenvalue weighted by Crippen LogP contribution is -1.99. The quantitative estimate of drug-likeness (QED) is 0.879. The molecular weight excluding hydrogens is 234 g/mol. The highest BCUT2D eigenvalue weighted by molar-refractivity contribution is 8.01. The Hall–Kier alpha value is -1.47. The summed E-state index contributed by atoms with van der Waals surface area (Å²) in [5.41, 5.74) is 0.0320. The summed E-state index contributed by atoms with van der Waals surface area (Å²) in [6.45, 7) is 0. The number of carboxylic acids is 1. The van der Waals surface area contributed by atoms with Gasteiger partial charge in [0.05, 0.1) is 0 Å². The molecule has 0 spiro atoms. The summed E-state index contributed by atoms with van der Waals surface area (Å²) in [7, 11) is 0. The highest BCUT2D eigenvalue weighted by atomic mass is 32.2. The van der Waals surface area contributed by atoms with Gasteiger partial charge in [-0.15, -0.1) is 0 Å². The van der Waals surface area contributed by atoms with E-state index in [0.29, 0.717) is 0 Å². The van der Waals surface area contributed by atoms with Gasteiger partial charge in [0.2, 0.25) is 0 Å². The smallest absolute Gasteiger partial charge is 0.354 e. The average Bonchev–Trinajstić information content (AvgIpc) is 2.71. The molecule has 76 valence electrons. The fraction of sp³-hybridized carbons (Fsp3) is 0. The summed E-state index contributed by atoms with van der Waals surface area (Å²) in [6.07, 6.45) is 2.93. The lowest BCUT2D eigenvalue weighted by Gasteiger charge is -1.97. The average molecular weight is 239 g/mol. The minimum absolute atomic E-state index is 0.0320. The summed E-state index contributed by atoms with van der Waals surface area (Å²) in [5.74, 6) is -1.03. The second kappa shape index (κ2) is 4.37. The van der Waals surface area contributed by atoms with Crippen LogP contribution in [0, 0.1) is 0 Å². The van der Waals surface area contributed by atoms with Gasteiger partial charge >= 0.3 is 5.97 Å². The van der Waals surface area contributed by atoms with Crippen molar-refractivity contribution in [2.24, 2.45) is 0 Å². The van der Waals surface area contributed by atoms with Crippen molar-refractivity contribution in [1.82, 2.24) is 14.3 Å². The van der Waals surface area contributed by atoms with E-state index >= 15 is 0 Å². The SMILES string of the molecule is O=C(O)c1cc(Sc2ncns2)ccn1. The van der Waals surface area contributed by atoms with Crippen LogP contribution in [0.5, 0.6) is 0 Å². The molecule has 0 atom stereocenters. The maximum Gasteiger partial charge on any atom is 0.354 e. The molecule has 0 aromatic carbocycles. The van der Waals surface area contributed by atoms with Gasteiger partial charge in [0.25, 0.3) is 0 Å². The molecule has 2 aromatic heterocycles. The molecule has 0 unspecified atom stereocenters. The fourth-order valence-electron chi connectivity index (χ4n) is 0.900. The number of aromatic nitrogens is 3. The number of hydrogen-bond acceptors (Lipinski definition) is 6. The predicted molar refractivity (Wildman–Crippen MR) is 55.2 cm³/mol. The molecule has 0 radical (unpaired) electrons. The Morgan fingerprint density at radius 1 is 1.47 bits per heavy atom. The van der Waals surface area contributed by atoms with E-state index in [1.807, 2.05) is 0 Å². The van der Waals surface area contributed by atoms with Gasteiger partial charge in [-0.1, -0.05) is 11.8 Å². The second-order valence-electron chi connectivity index (χ2n) is 2.49. The standard InChI is InChI=1S/C8H5N3O2S2/c12-7(13)6-3-5(1-2-9-6)14-8-10-4-11-15-8/h1-4H,(H,12,13). The van der Waals surface area contributed by atoms with Crippen molar-refractivity contribution in [3.05, 3.63) is 30.4 Å². The lowest BCUT2D eigenvalue weighted by molar-refractivity contribution is 0.0690. The number of nitrogens with zero attached hydrogens (tertiary/aromatic N) is 3. The van der Waals surface area contributed by atoms with Crippen LogP contribution >= 0.6 is 23.3 Å². The largest absolute Gasteiger partial charge is 0.477 e. The Morgan fingerprint density at radius 3 is 3.00 bits per heavy atom.